The number of thioether (sulfide) groups is 1. The van der Waals surface area contributed by atoms with E-state index in [0.29, 0.717) is 28.0 Å². The molecule has 0 atom stereocenters. The third kappa shape index (κ3) is 4.66. The van der Waals surface area contributed by atoms with Crippen molar-refractivity contribution < 1.29 is 27.9 Å². The lowest BCUT2D eigenvalue weighted by atomic mass is 10.1. The van der Waals surface area contributed by atoms with Gasteiger partial charge in [0.1, 0.15) is 5.75 Å². The maximum atomic E-state index is 13.6. The molecule has 0 bridgehead atoms. The van der Waals surface area contributed by atoms with Gasteiger partial charge >= 0.3 is 0 Å². The van der Waals surface area contributed by atoms with Crippen molar-refractivity contribution in [3.8, 4) is 5.75 Å². The summed E-state index contributed by atoms with van der Waals surface area (Å²) in [5, 5.41) is 12.1. The maximum Gasteiger partial charge on any atom is 0.290 e. The highest BCUT2D eigenvalue weighted by molar-refractivity contribution is 8.18. The Hall–Kier alpha value is -3.51. The minimum Gasteiger partial charge on any atom is -0.506 e. The molecule has 2 aliphatic heterocycles. The Morgan fingerprint density at radius 1 is 0.973 bits per heavy atom. The molecule has 2 aliphatic rings. The summed E-state index contributed by atoms with van der Waals surface area (Å²) in [5.74, 6) is -1.60. The van der Waals surface area contributed by atoms with Crippen LogP contribution in [0.25, 0.3) is 5.57 Å². The number of para-hydroxylation sites is 2. The zero-order chi connectivity index (χ0) is 26.5. The average molecular weight is 576 g/mol. The van der Waals surface area contributed by atoms with E-state index < -0.39 is 27.1 Å². The van der Waals surface area contributed by atoms with Crippen LogP contribution in [-0.2, 0) is 26.2 Å². The summed E-state index contributed by atoms with van der Waals surface area (Å²) in [7, 11) is -4.20. The van der Waals surface area contributed by atoms with Gasteiger partial charge in [0.15, 0.2) is 0 Å². The zero-order valence-corrected chi connectivity index (χ0v) is 21.6. The van der Waals surface area contributed by atoms with Crippen molar-refractivity contribution >= 4 is 79.0 Å². The summed E-state index contributed by atoms with van der Waals surface area (Å²) in [6.07, 6.45) is 0. The molecule has 5 rings (SSSR count). The molecule has 3 aromatic carbocycles. The quantitative estimate of drug-likeness (QED) is 0.295. The first-order valence-corrected chi connectivity index (χ1v) is 13.6. The second-order valence-corrected chi connectivity index (χ2v) is 11.5. The van der Waals surface area contributed by atoms with Crippen LogP contribution in [-0.4, -0.2) is 30.6 Å². The molecule has 13 heteroatoms. The number of rotatable bonds is 5. The van der Waals surface area contributed by atoms with Gasteiger partial charge in [-0.2, -0.15) is 0 Å². The van der Waals surface area contributed by atoms with Gasteiger partial charge in [-0.15, -0.1) is 0 Å². The summed E-state index contributed by atoms with van der Waals surface area (Å²) in [5.41, 5.74) is 1.01. The minimum absolute atomic E-state index is 0.0322. The van der Waals surface area contributed by atoms with Gasteiger partial charge in [-0.3, -0.25) is 24.4 Å². The van der Waals surface area contributed by atoms with Crippen LogP contribution in [0.2, 0.25) is 10.0 Å². The molecule has 0 radical (unpaired) electrons. The first-order valence-electron chi connectivity index (χ1n) is 10.5. The van der Waals surface area contributed by atoms with E-state index in [4.69, 9.17) is 23.2 Å². The van der Waals surface area contributed by atoms with Crippen LogP contribution in [0, 0.1) is 0 Å². The molecule has 0 unspecified atom stereocenters. The van der Waals surface area contributed by atoms with Gasteiger partial charge in [-0.25, -0.2) is 8.42 Å². The monoisotopic (exact) mass is 575 g/mol. The third-order valence-electron chi connectivity index (χ3n) is 5.61. The molecule has 3 aromatic rings. The first-order chi connectivity index (χ1) is 17.5. The average Bonchev–Trinajstić information content (AvgIpc) is 3.31. The van der Waals surface area contributed by atoms with E-state index in [1.165, 1.54) is 35.2 Å². The number of phenols is 1. The summed E-state index contributed by atoms with van der Waals surface area (Å²) in [4.78, 5) is 38.9. The number of sulfonamides is 1. The van der Waals surface area contributed by atoms with Crippen LogP contribution >= 0.6 is 35.0 Å². The molecule has 1 saturated heterocycles. The third-order valence-corrected chi connectivity index (χ3v) is 8.60. The highest BCUT2D eigenvalue weighted by atomic mass is 35.5. The summed E-state index contributed by atoms with van der Waals surface area (Å²) < 4.78 is 28.5. The number of nitrogens with one attached hydrogen (secondary N) is 2. The van der Waals surface area contributed by atoms with E-state index in [9.17, 15) is 27.9 Å². The van der Waals surface area contributed by atoms with Crippen molar-refractivity contribution in [2.75, 3.05) is 9.62 Å². The van der Waals surface area contributed by atoms with Crippen molar-refractivity contribution in [1.29, 1.82) is 0 Å². The molecule has 0 spiro atoms. The molecule has 0 aliphatic carbocycles. The number of nitrogens with zero attached hydrogens (tertiary/aromatic N) is 1. The van der Waals surface area contributed by atoms with Crippen LogP contribution in [0.1, 0.15) is 11.1 Å². The lowest BCUT2D eigenvalue weighted by molar-refractivity contribution is -0.116. The highest BCUT2D eigenvalue weighted by Gasteiger charge is 2.40. The largest absolute Gasteiger partial charge is 0.506 e. The van der Waals surface area contributed by atoms with E-state index >= 15 is 0 Å². The number of amides is 3. The first kappa shape index (κ1) is 25.2. The van der Waals surface area contributed by atoms with Gasteiger partial charge in [-0.05, 0) is 59.8 Å². The highest BCUT2D eigenvalue weighted by Crippen LogP contribution is 2.44. The maximum absolute atomic E-state index is 13.6. The lowest BCUT2D eigenvalue weighted by Gasteiger charge is -2.18. The standard InChI is InChI=1S/C24H15Cl2N3O6S2/c25-15-7-5-12(9-16(15)26)11-29-18-8-6-13(37(34,35)28-17-3-1-2-4-19(17)30)10-14(18)20(23(29)32)21-22(31)27-24(33)36-21/h1-10,28,30H,11H2,(H,27,31,33)/b21-20-. The molecule has 188 valence electrons. The number of phenolic OH excluding ortho intramolecular Hbond substituents is 1. The van der Waals surface area contributed by atoms with Gasteiger partial charge in [-0.1, -0.05) is 41.4 Å². The molecule has 2 heterocycles. The van der Waals surface area contributed by atoms with Gasteiger partial charge < -0.3 is 10.0 Å². The molecule has 37 heavy (non-hydrogen) atoms. The molecule has 0 aromatic heterocycles. The van der Waals surface area contributed by atoms with Gasteiger partial charge in [0.25, 0.3) is 27.1 Å². The van der Waals surface area contributed by atoms with Gasteiger partial charge in [0.05, 0.1) is 43.3 Å². The topological polar surface area (TPSA) is 133 Å². The molecule has 0 saturated carbocycles. The Bertz CT molecular complexity index is 1660. The zero-order valence-electron chi connectivity index (χ0n) is 18.5. The van der Waals surface area contributed by atoms with E-state index in [0.717, 1.165) is 0 Å². The number of carbonyl (C=O) groups excluding carboxylic acids is 3. The van der Waals surface area contributed by atoms with Crippen LogP contribution in [0.4, 0.5) is 16.2 Å². The fourth-order valence-electron chi connectivity index (χ4n) is 3.92. The number of hydrogen-bond acceptors (Lipinski definition) is 7. The normalized spacial score (nSPS) is 17.2. The summed E-state index contributed by atoms with van der Waals surface area (Å²) in [6, 6.07) is 14.7. The second kappa shape index (κ2) is 9.42. The van der Waals surface area contributed by atoms with Gasteiger partial charge in [0.2, 0.25) is 0 Å². The van der Waals surface area contributed by atoms with Crippen molar-refractivity contribution in [1.82, 2.24) is 5.32 Å². The Morgan fingerprint density at radius 2 is 1.73 bits per heavy atom. The van der Waals surface area contributed by atoms with Crippen LogP contribution in [0.3, 0.4) is 0 Å². The Morgan fingerprint density at radius 3 is 2.41 bits per heavy atom. The Labute approximate surface area is 225 Å². The molecule has 3 N–H and O–H groups in total. The van der Waals surface area contributed by atoms with Crippen LogP contribution < -0.4 is 14.9 Å². The second-order valence-electron chi connectivity index (χ2n) is 7.99. The van der Waals surface area contributed by atoms with Gasteiger partial charge in [0, 0.05) is 5.56 Å². The molecule has 9 nitrogen and oxygen atoms in total. The van der Waals surface area contributed by atoms with E-state index in [2.05, 4.69) is 10.0 Å². The number of carbonyl (C=O) groups is 3. The molecular formula is C24H15Cl2N3O6S2. The van der Waals surface area contributed by atoms with E-state index in [1.807, 2.05) is 0 Å². The number of aromatic hydroxyl groups is 1. The fourth-order valence-corrected chi connectivity index (χ4v) is 6.11. The van der Waals surface area contributed by atoms with E-state index in [-0.39, 0.29) is 43.9 Å². The molecule has 3 amide bonds. The minimum atomic E-state index is -4.20. The molecule has 1 fully saturated rings. The number of halogens is 2. The Kier molecular flexibility index (Phi) is 6.40. The van der Waals surface area contributed by atoms with Crippen molar-refractivity contribution in [2.24, 2.45) is 0 Å². The van der Waals surface area contributed by atoms with Crippen molar-refractivity contribution in [3.05, 3.63) is 86.7 Å². The summed E-state index contributed by atoms with van der Waals surface area (Å²) >= 11 is 12.7. The smallest absolute Gasteiger partial charge is 0.290 e. The Balaban J connectivity index is 1.61. The molecular weight excluding hydrogens is 561 g/mol. The van der Waals surface area contributed by atoms with Crippen molar-refractivity contribution in [2.45, 2.75) is 11.4 Å². The van der Waals surface area contributed by atoms with Crippen LogP contribution in [0.5, 0.6) is 5.75 Å². The summed E-state index contributed by atoms with van der Waals surface area (Å²) in [6.45, 7) is 0.0436. The number of imide groups is 1. The predicted molar refractivity (Wildman–Crippen MR) is 141 cm³/mol. The SMILES string of the molecule is O=C1NC(=O)/C(=C2/C(=O)N(Cc3ccc(Cl)c(Cl)c3)c3ccc(S(=O)(=O)Nc4ccccc4O)cc32)S1. The van der Waals surface area contributed by atoms with Crippen LogP contribution in [0.15, 0.2) is 70.5 Å². The number of anilines is 2. The number of fused-ring (bicyclic) bond motifs is 1. The number of benzene rings is 3. The number of hydrogen-bond donors (Lipinski definition) is 3. The van der Waals surface area contributed by atoms with Crippen molar-refractivity contribution in [3.63, 3.8) is 0 Å². The lowest BCUT2D eigenvalue weighted by Crippen LogP contribution is -2.26. The predicted octanol–water partition coefficient (Wildman–Crippen LogP) is 4.74. The van der Waals surface area contributed by atoms with E-state index in [1.54, 1.807) is 30.3 Å². The fraction of sp³-hybridized carbons (Fsp3) is 0.0417.